The summed E-state index contributed by atoms with van der Waals surface area (Å²) in [6, 6.07) is 10.8. The van der Waals surface area contributed by atoms with Crippen molar-refractivity contribution in [3.8, 4) is 5.69 Å². The molecule has 2 atom stereocenters. The monoisotopic (exact) mass is 563 g/mol. The number of carbonyl (C=O) groups is 2. The lowest BCUT2D eigenvalue weighted by atomic mass is 10.1. The first-order valence-electron chi connectivity index (χ1n) is 11.2. The molecule has 38 heavy (non-hydrogen) atoms. The quantitative estimate of drug-likeness (QED) is 0.419. The summed E-state index contributed by atoms with van der Waals surface area (Å²) in [5, 5.41) is 10.7. The average molecular weight is 564 g/mol. The summed E-state index contributed by atoms with van der Waals surface area (Å²) < 4.78 is 44.5. The number of carbonyl (C=O) groups excluding carboxylic acids is 2. The number of pyridine rings is 1. The maximum Gasteiger partial charge on any atom is 0.322 e. The summed E-state index contributed by atoms with van der Waals surface area (Å²) >= 11 is 5.88. The predicted molar refractivity (Wildman–Crippen MR) is 138 cm³/mol. The molecule has 4 N–H and O–H groups in total. The third-order valence-corrected chi connectivity index (χ3v) is 7.14. The number of halogens is 2. The van der Waals surface area contributed by atoms with Crippen LogP contribution in [0.25, 0.3) is 5.69 Å². The van der Waals surface area contributed by atoms with Gasteiger partial charge >= 0.3 is 6.03 Å². The van der Waals surface area contributed by atoms with Gasteiger partial charge in [0.2, 0.25) is 15.9 Å². The van der Waals surface area contributed by atoms with Crippen LogP contribution < -0.4 is 21.3 Å². The molecule has 0 radical (unpaired) electrons. The normalized spacial score (nSPS) is 17.3. The second-order valence-corrected chi connectivity index (χ2v) is 10.4. The molecule has 1 aliphatic rings. The van der Waals surface area contributed by atoms with Crippen LogP contribution in [0.5, 0.6) is 0 Å². The predicted octanol–water partition coefficient (Wildman–Crippen LogP) is 2.54. The molecule has 1 fully saturated rings. The standard InChI is InChI=1S/C24H23ClFN5O6S/c1-37-17-12-20(31(13-17)24(34)28-15-6-4-14(25)5-7-15)22(32)29-19-9-8-16(11-18(19)26)30-10-2-3-21(23(30)33)38(27,35)36/h2-11,17,20H,12-13H2,1H3,(H,28,34)(H,29,32)(H2,27,35,36)/t17-,20-/m1/s1. The number of hydrogen-bond donors (Lipinski definition) is 3. The molecule has 1 aromatic heterocycles. The number of methoxy groups -OCH3 is 1. The highest BCUT2D eigenvalue weighted by Gasteiger charge is 2.40. The minimum Gasteiger partial charge on any atom is -0.380 e. The fourth-order valence-corrected chi connectivity index (χ4v) is 4.77. The molecular formula is C24H23ClFN5O6S. The highest BCUT2D eigenvalue weighted by atomic mass is 35.5. The Morgan fingerprint density at radius 2 is 1.84 bits per heavy atom. The van der Waals surface area contributed by atoms with Gasteiger partial charge in [-0.05, 0) is 48.5 Å². The number of nitrogens with one attached hydrogen (secondary N) is 2. The molecule has 0 unspecified atom stereocenters. The van der Waals surface area contributed by atoms with Crippen molar-refractivity contribution >= 4 is 44.9 Å². The molecule has 0 spiro atoms. The number of aromatic nitrogens is 1. The van der Waals surface area contributed by atoms with E-state index >= 15 is 0 Å². The third-order valence-electron chi connectivity index (χ3n) is 5.96. The van der Waals surface area contributed by atoms with E-state index in [-0.39, 0.29) is 24.3 Å². The lowest BCUT2D eigenvalue weighted by Gasteiger charge is -2.24. The number of amides is 3. The number of benzene rings is 2. The van der Waals surface area contributed by atoms with E-state index in [9.17, 15) is 27.2 Å². The number of ether oxygens (including phenoxy) is 1. The molecule has 11 nitrogen and oxygen atoms in total. The van der Waals surface area contributed by atoms with E-state index in [4.69, 9.17) is 21.5 Å². The van der Waals surface area contributed by atoms with Crippen LogP contribution in [0.15, 0.2) is 70.5 Å². The molecular weight excluding hydrogens is 541 g/mol. The fraction of sp³-hybridized carbons (Fsp3) is 0.208. The second kappa shape index (κ2) is 10.9. The van der Waals surface area contributed by atoms with Gasteiger partial charge in [0.15, 0.2) is 0 Å². The highest BCUT2D eigenvalue weighted by molar-refractivity contribution is 7.89. The molecule has 3 aromatic rings. The number of sulfonamides is 1. The third kappa shape index (κ3) is 5.86. The molecule has 0 aliphatic carbocycles. The Morgan fingerprint density at radius 1 is 1.13 bits per heavy atom. The van der Waals surface area contributed by atoms with Crippen LogP contribution in [0, 0.1) is 5.82 Å². The van der Waals surface area contributed by atoms with E-state index in [1.807, 2.05) is 0 Å². The van der Waals surface area contributed by atoms with Crippen LogP contribution in [0.2, 0.25) is 5.02 Å². The lowest BCUT2D eigenvalue weighted by Crippen LogP contribution is -2.45. The number of nitrogens with zero attached hydrogens (tertiary/aromatic N) is 2. The molecule has 2 aromatic carbocycles. The Hall–Kier alpha value is -3.78. The summed E-state index contributed by atoms with van der Waals surface area (Å²) in [6.07, 6.45) is 1.03. The van der Waals surface area contributed by atoms with Gasteiger partial charge in [0.25, 0.3) is 5.56 Å². The number of likely N-dealkylation sites (tertiary alicyclic amines) is 1. The van der Waals surface area contributed by atoms with Crippen molar-refractivity contribution in [3.05, 3.63) is 82.0 Å². The first-order chi connectivity index (χ1) is 18.0. The van der Waals surface area contributed by atoms with Gasteiger partial charge in [0.1, 0.15) is 16.8 Å². The van der Waals surface area contributed by atoms with E-state index in [1.165, 1.54) is 36.4 Å². The van der Waals surface area contributed by atoms with Gasteiger partial charge in [-0.3, -0.25) is 14.2 Å². The Kier molecular flexibility index (Phi) is 7.83. The van der Waals surface area contributed by atoms with E-state index in [0.29, 0.717) is 10.7 Å². The summed E-state index contributed by atoms with van der Waals surface area (Å²) in [5.74, 6) is -1.53. The van der Waals surface area contributed by atoms with Crippen molar-refractivity contribution in [1.82, 2.24) is 9.47 Å². The molecule has 4 rings (SSSR count). The molecule has 14 heteroatoms. The van der Waals surface area contributed by atoms with Crippen molar-refractivity contribution < 1.29 is 27.1 Å². The topological polar surface area (TPSA) is 153 Å². The molecule has 200 valence electrons. The first-order valence-corrected chi connectivity index (χ1v) is 13.1. The SMILES string of the molecule is CO[C@@H]1C[C@H](C(=O)Nc2ccc(-n3cccc(S(N)(=O)=O)c3=O)cc2F)N(C(=O)Nc2ccc(Cl)cc2)C1. The van der Waals surface area contributed by atoms with Gasteiger partial charge in [0, 0.05) is 43.0 Å². The van der Waals surface area contributed by atoms with Crippen LogP contribution in [0.3, 0.4) is 0 Å². The smallest absolute Gasteiger partial charge is 0.322 e. The highest BCUT2D eigenvalue weighted by Crippen LogP contribution is 2.25. The van der Waals surface area contributed by atoms with Crippen molar-refractivity contribution in [3.63, 3.8) is 0 Å². The van der Waals surface area contributed by atoms with Gasteiger partial charge in [-0.1, -0.05) is 11.6 Å². The van der Waals surface area contributed by atoms with E-state index in [1.54, 1.807) is 24.3 Å². The van der Waals surface area contributed by atoms with Gasteiger partial charge in [-0.25, -0.2) is 22.7 Å². The van der Waals surface area contributed by atoms with Gasteiger partial charge < -0.3 is 20.3 Å². The summed E-state index contributed by atoms with van der Waals surface area (Å²) in [4.78, 5) is 39.2. The number of anilines is 2. The van der Waals surface area contributed by atoms with Crippen molar-refractivity contribution in [2.45, 2.75) is 23.5 Å². The molecule has 1 saturated heterocycles. The Morgan fingerprint density at radius 3 is 2.47 bits per heavy atom. The van der Waals surface area contributed by atoms with Crippen molar-refractivity contribution in [1.29, 1.82) is 0 Å². The fourth-order valence-electron chi connectivity index (χ4n) is 4.04. The van der Waals surface area contributed by atoms with E-state index < -0.39 is 50.4 Å². The van der Waals surface area contributed by atoms with Crippen LogP contribution in [-0.4, -0.2) is 55.6 Å². The van der Waals surface area contributed by atoms with Crippen LogP contribution >= 0.6 is 11.6 Å². The van der Waals surface area contributed by atoms with Crippen molar-refractivity contribution in [2.75, 3.05) is 24.3 Å². The zero-order valence-electron chi connectivity index (χ0n) is 19.9. The van der Waals surface area contributed by atoms with Gasteiger partial charge in [0.05, 0.1) is 17.5 Å². The number of hydrogen-bond acceptors (Lipinski definition) is 6. The summed E-state index contributed by atoms with van der Waals surface area (Å²) in [7, 11) is -2.82. The molecule has 2 heterocycles. The largest absolute Gasteiger partial charge is 0.380 e. The Labute approximate surface area is 222 Å². The second-order valence-electron chi connectivity index (χ2n) is 8.44. The van der Waals surface area contributed by atoms with Crippen LogP contribution in [0.4, 0.5) is 20.6 Å². The number of urea groups is 1. The summed E-state index contributed by atoms with van der Waals surface area (Å²) in [5.41, 5.74) is -0.665. The zero-order valence-corrected chi connectivity index (χ0v) is 21.5. The van der Waals surface area contributed by atoms with Crippen molar-refractivity contribution in [2.24, 2.45) is 5.14 Å². The zero-order chi connectivity index (χ0) is 27.6. The molecule has 0 bridgehead atoms. The van der Waals surface area contributed by atoms with E-state index in [2.05, 4.69) is 10.6 Å². The minimum absolute atomic E-state index is 0.0141. The van der Waals surface area contributed by atoms with E-state index in [0.717, 1.165) is 16.7 Å². The average Bonchev–Trinajstić information content (AvgIpc) is 3.31. The van der Waals surface area contributed by atoms with Gasteiger partial charge in [-0.15, -0.1) is 0 Å². The lowest BCUT2D eigenvalue weighted by molar-refractivity contribution is -0.119. The summed E-state index contributed by atoms with van der Waals surface area (Å²) in [6.45, 7) is 0.138. The van der Waals surface area contributed by atoms with Gasteiger partial charge in [-0.2, -0.15) is 0 Å². The minimum atomic E-state index is -4.29. The molecule has 1 aliphatic heterocycles. The molecule has 3 amide bonds. The number of nitrogens with two attached hydrogens (primary N) is 1. The Balaban J connectivity index is 1.53. The van der Waals surface area contributed by atoms with Crippen LogP contribution in [-0.2, 0) is 19.6 Å². The Bertz CT molecular complexity index is 1550. The maximum atomic E-state index is 15.0. The molecule has 0 saturated carbocycles. The maximum absolute atomic E-state index is 15.0. The number of primary sulfonamides is 1. The number of rotatable bonds is 6. The van der Waals surface area contributed by atoms with Crippen LogP contribution in [0.1, 0.15) is 6.42 Å². The first kappa shape index (κ1) is 27.3.